The Kier molecular flexibility index (Phi) is 6.75. The number of hydrogen-bond donors (Lipinski definition) is 2. The van der Waals surface area contributed by atoms with Gasteiger partial charge in [-0.25, -0.2) is 4.79 Å². The number of hydrogen-bond acceptors (Lipinski definition) is 5. The number of carbonyl (C=O) groups excluding carboxylic acids is 1. The molecule has 6 nitrogen and oxygen atoms in total. The van der Waals surface area contributed by atoms with Crippen LogP contribution in [0.15, 0.2) is 21.6 Å². The minimum Gasteiger partial charge on any atom is -0.504 e. The number of benzene rings is 1. The van der Waals surface area contributed by atoms with E-state index in [2.05, 4.69) is 20.9 Å². The van der Waals surface area contributed by atoms with Gasteiger partial charge in [-0.1, -0.05) is 43.6 Å². The number of phenols is 1. The molecule has 0 saturated heterocycles. The molecule has 0 aliphatic heterocycles. The number of aromatic hydroxyl groups is 1. The van der Waals surface area contributed by atoms with Crippen LogP contribution in [0, 0.1) is 11.8 Å². The zero-order valence-electron chi connectivity index (χ0n) is 13.4. The highest BCUT2D eigenvalue weighted by Gasteiger charge is 2.20. The second-order valence-electron chi connectivity index (χ2n) is 5.72. The van der Waals surface area contributed by atoms with E-state index in [1.807, 2.05) is 0 Å². The topological polar surface area (TPSA) is 96.2 Å². The van der Waals surface area contributed by atoms with Crippen LogP contribution in [0.25, 0.3) is 0 Å². The zero-order valence-corrected chi connectivity index (χ0v) is 15.0. The third-order valence-corrected chi connectivity index (χ3v) is 3.47. The van der Waals surface area contributed by atoms with Gasteiger partial charge in [0.15, 0.2) is 11.5 Å². The lowest BCUT2D eigenvalue weighted by atomic mass is 10.1. The lowest BCUT2D eigenvalue weighted by molar-refractivity contribution is -0.139. The van der Waals surface area contributed by atoms with Crippen LogP contribution in [0.5, 0.6) is 11.5 Å². The van der Waals surface area contributed by atoms with Crippen LogP contribution in [0.4, 0.5) is 0 Å². The minimum absolute atomic E-state index is 0.00375. The van der Waals surface area contributed by atoms with Crippen molar-refractivity contribution in [3.8, 4) is 11.5 Å². The maximum Gasteiger partial charge on any atom is 0.328 e. The molecule has 1 aromatic rings. The Morgan fingerprint density at radius 1 is 1.26 bits per heavy atom. The summed E-state index contributed by atoms with van der Waals surface area (Å²) in [5.41, 5.74) is 0.262. The number of ether oxygens (including phenoxy) is 1. The Bertz CT molecular complexity index is 625. The molecule has 1 atom stereocenters. The van der Waals surface area contributed by atoms with E-state index < -0.39 is 18.0 Å². The molecule has 0 saturated carbocycles. The average molecular weight is 386 g/mol. The first kappa shape index (κ1) is 19.2. The molecule has 2 N–H and O–H groups in total. The summed E-state index contributed by atoms with van der Waals surface area (Å²) in [4.78, 5) is 26.8. The fourth-order valence-corrected chi connectivity index (χ4v) is 2.13. The number of aliphatic carboxylic acids is 1. The molecular weight excluding hydrogens is 366 g/mol. The second kappa shape index (κ2) is 8.10. The van der Waals surface area contributed by atoms with Gasteiger partial charge in [0.05, 0.1) is 5.92 Å². The van der Waals surface area contributed by atoms with Crippen LogP contribution in [0.3, 0.4) is 0 Å². The van der Waals surface area contributed by atoms with Gasteiger partial charge in [0, 0.05) is 16.3 Å². The van der Waals surface area contributed by atoms with Gasteiger partial charge in [0.25, 0.3) is 0 Å². The monoisotopic (exact) mass is 385 g/mol. The third kappa shape index (κ3) is 5.35. The van der Waals surface area contributed by atoms with Crippen molar-refractivity contribution >= 4 is 34.1 Å². The third-order valence-electron chi connectivity index (χ3n) is 3.01. The molecule has 0 aliphatic rings. The SMILES string of the molecule is CC(C)C(=O)Oc1cc(Br)cc(C=NC(C(=O)O)C(C)C)c1O. The van der Waals surface area contributed by atoms with Gasteiger partial charge in [-0.2, -0.15) is 0 Å². The van der Waals surface area contributed by atoms with Crippen LogP contribution in [-0.4, -0.2) is 34.4 Å². The Balaban J connectivity index is 3.15. The highest BCUT2D eigenvalue weighted by Crippen LogP contribution is 2.33. The van der Waals surface area contributed by atoms with E-state index in [9.17, 15) is 14.7 Å². The van der Waals surface area contributed by atoms with Crippen molar-refractivity contribution in [2.75, 3.05) is 0 Å². The summed E-state index contributed by atoms with van der Waals surface area (Å²) in [5.74, 6) is -2.34. The molecule has 0 aliphatic carbocycles. The Labute approximate surface area is 143 Å². The number of rotatable bonds is 6. The minimum atomic E-state index is -1.04. The maximum atomic E-state index is 11.7. The number of carbonyl (C=O) groups is 2. The number of halogens is 1. The smallest absolute Gasteiger partial charge is 0.328 e. The van der Waals surface area contributed by atoms with E-state index >= 15 is 0 Å². The number of carboxylic acid groups (broad SMARTS) is 1. The van der Waals surface area contributed by atoms with Crippen LogP contribution in [-0.2, 0) is 9.59 Å². The summed E-state index contributed by atoms with van der Waals surface area (Å²) < 4.78 is 5.70. The molecule has 1 rings (SSSR count). The standard InChI is InChI=1S/C16H20BrNO5/c1-8(2)13(15(20)21)18-7-10-5-11(17)6-12(14(10)19)23-16(22)9(3)4/h5-9,13,19H,1-4H3,(H,20,21). The predicted octanol–water partition coefficient (Wildman–Crippen LogP) is 3.24. The highest BCUT2D eigenvalue weighted by atomic mass is 79.9. The van der Waals surface area contributed by atoms with E-state index in [-0.39, 0.29) is 28.9 Å². The number of phenolic OH excluding ortho intramolecular Hbond substituents is 1. The molecule has 7 heteroatoms. The van der Waals surface area contributed by atoms with Crippen LogP contribution in [0.2, 0.25) is 0 Å². The van der Waals surface area contributed by atoms with Crippen molar-refractivity contribution in [3.63, 3.8) is 0 Å². The first-order valence-corrected chi connectivity index (χ1v) is 7.93. The molecule has 0 spiro atoms. The Hall–Kier alpha value is -1.89. The highest BCUT2D eigenvalue weighted by molar-refractivity contribution is 9.10. The van der Waals surface area contributed by atoms with E-state index in [0.717, 1.165) is 0 Å². The summed E-state index contributed by atoms with van der Waals surface area (Å²) in [6.07, 6.45) is 1.27. The molecule has 1 unspecified atom stereocenters. The van der Waals surface area contributed by atoms with Crippen molar-refractivity contribution in [1.82, 2.24) is 0 Å². The molecule has 0 fully saturated rings. The van der Waals surface area contributed by atoms with Gasteiger partial charge < -0.3 is 14.9 Å². The van der Waals surface area contributed by atoms with Crippen LogP contribution in [0.1, 0.15) is 33.3 Å². The molecule has 1 aromatic carbocycles. The molecule has 126 valence electrons. The fraction of sp³-hybridized carbons (Fsp3) is 0.438. The number of nitrogens with zero attached hydrogens (tertiary/aromatic N) is 1. The number of aliphatic imine (C=N–C) groups is 1. The van der Waals surface area contributed by atoms with Crippen molar-refractivity contribution in [1.29, 1.82) is 0 Å². The van der Waals surface area contributed by atoms with Gasteiger partial charge in [-0.3, -0.25) is 9.79 Å². The number of esters is 1. The summed E-state index contributed by atoms with van der Waals surface area (Å²) >= 11 is 3.26. The normalized spacial score (nSPS) is 12.8. The van der Waals surface area contributed by atoms with Gasteiger partial charge in [0.1, 0.15) is 6.04 Å². The summed E-state index contributed by atoms with van der Waals surface area (Å²) in [6, 6.07) is 2.10. The van der Waals surface area contributed by atoms with E-state index in [1.54, 1.807) is 33.8 Å². The lowest BCUT2D eigenvalue weighted by Crippen LogP contribution is -2.24. The average Bonchev–Trinajstić information content (AvgIpc) is 2.42. The number of carboxylic acids is 1. The van der Waals surface area contributed by atoms with E-state index in [0.29, 0.717) is 4.47 Å². The largest absolute Gasteiger partial charge is 0.504 e. The molecule has 23 heavy (non-hydrogen) atoms. The second-order valence-corrected chi connectivity index (χ2v) is 6.64. The van der Waals surface area contributed by atoms with E-state index in [4.69, 9.17) is 9.84 Å². The van der Waals surface area contributed by atoms with Crippen molar-refractivity contribution in [3.05, 3.63) is 22.2 Å². The maximum absolute atomic E-state index is 11.7. The first-order chi connectivity index (χ1) is 10.6. The van der Waals surface area contributed by atoms with Crippen LogP contribution >= 0.6 is 15.9 Å². The Morgan fingerprint density at radius 2 is 1.87 bits per heavy atom. The zero-order chi connectivity index (χ0) is 17.7. The molecule has 0 heterocycles. The van der Waals surface area contributed by atoms with Gasteiger partial charge in [-0.05, 0) is 18.1 Å². The van der Waals surface area contributed by atoms with Crippen molar-refractivity contribution in [2.24, 2.45) is 16.8 Å². The van der Waals surface area contributed by atoms with Crippen molar-refractivity contribution in [2.45, 2.75) is 33.7 Å². The predicted molar refractivity (Wildman–Crippen MR) is 90.1 cm³/mol. The molecular formula is C16H20BrNO5. The first-order valence-electron chi connectivity index (χ1n) is 7.13. The molecule has 0 radical (unpaired) electrons. The quantitative estimate of drug-likeness (QED) is 0.445. The van der Waals surface area contributed by atoms with Gasteiger partial charge in [-0.15, -0.1) is 0 Å². The summed E-state index contributed by atoms with van der Waals surface area (Å²) in [6.45, 7) is 6.85. The molecule has 0 bridgehead atoms. The van der Waals surface area contributed by atoms with E-state index in [1.165, 1.54) is 12.3 Å². The fourth-order valence-electron chi connectivity index (χ4n) is 1.68. The molecule has 0 aromatic heterocycles. The Morgan fingerprint density at radius 3 is 2.35 bits per heavy atom. The van der Waals surface area contributed by atoms with Gasteiger partial charge >= 0.3 is 11.9 Å². The summed E-state index contributed by atoms with van der Waals surface area (Å²) in [5, 5.41) is 19.3. The lowest BCUT2D eigenvalue weighted by Gasteiger charge is -2.12. The molecule has 0 amide bonds. The van der Waals surface area contributed by atoms with Crippen LogP contribution < -0.4 is 4.74 Å². The van der Waals surface area contributed by atoms with Gasteiger partial charge in [0.2, 0.25) is 0 Å². The summed E-state index contributed by atoms with van der Waals surface area (Å²) in [7, 11) is 0. The van der Waals surface area contributed by atoms with Crippen molar-refractivity contribution < 1.29 is 24.5 Å².